The number of allylic oxidation sites excluding steroid dienone is 1. The van der Waals surface area contributed by atoms with E-state index in [9.17, 15) is 4.79 Å². The Bertz CT molecular complexity index is 141. The summed E-state index contributed by atoms with van der Waals surface area (Å²) >= 11 is 1.40. The van der Waals surface area contributed by atoms with Gasteiger partial charge in [-0.1, -0.05) is 0 Å². The highest BCUT2D eigenvalue weighted by atomic mass is 32.2. The van der Waals surface area contributed by atoms with Crippen molar-refractivity contribution >= 4 is 17.5 Å². The van der Waals surface area contributed by atoms with Gasteiger partial charge in [0.1, 0.15) is 6.26 Å². The number of thioether (sulfide) groups is 1. The van der Waals surface area contributed by atoms with Crippen LogP contribution in [0.1, 0.15) is 13.8 Å². The first-order chi connectivity index (χ1) is 4.72. The van der Waals surface area contributed by atoms with Crippen molar-refractivity contribution in [3.63, 3.8) is 0 Å². The molecule has 0 unspecified atom stereocenters. The summed E-state index contributed by atoms with van der Waals surface area (Å²) in [6, 6.07) is 0. The van der Waals surface area contributed by atoms with Crippen LogP contribution in [-0.4, -0.2) is 18.6 Å². The second-order valence-corrected chi connectivity index (χ2v) is 2.55. The summed E-state index contributed by atoms with van der Waals surface area (Å²) in [5.41, 5.74) is 0. The van der Waals surface area contributed by atoms with Crippen LogP contribution in [-0.2, 0) is 9.53 Å². The van der Waals surface area contributed by atoms with Crippen LogP contribution in [0.4, 0.5) is 0 Å². The lowest BCUT2D eigenvalue weighted by Gasteiger charge is -1.98. The van der Waals surface area contributed by atoms with Crippen LogP contribution in [0.2, 0.25) is 0 Å². The van der Waals surface area contributed by atoms with E-state index in [0.29, 0.717) is 11.5 Å². The first-order valence-electron chi connectivity index (χ1n) is 3.09. The highest BCUT2D eigenvalue weighted by Gasteiger charge is 1.99. The van der Waals surface area contributed by atoms with Crippen LogP contribution < -0.4 is 0 Å². The summed E-state index contributed by atoms with van der Waals surface area (Å²) in [7, 11) is 0. The van der Waals surface area contributed by atoms with Gasteiger partial charge in [-0.2, -0.15) is 0 Å². The van der Waals surface area contributed by atoms with Crippen molar-refractivity contribution in [2.24, 2.45) is 0 Å². The highest BCUT2D eigenvalue weighted by Crippen LogP contribution is 2.11. The Labute approximate surface area is 65.6 Å². The van der Waals surface area contributed by atoms with Crippen molar-refractivity contribution in [2.75, 3.05) is 12.9 Å². The van der Waals surface area contributed by atoms with E-state index in [0.717, 1.165) is 0 Å². The molecule has 0 aromatic rings. The molecular formula is C7H12O2S. The number of carbonyl (C=O) groups excluding carboxylic acids is 1. The van der Waals surface area contributed by atoms with E-state index in [1.54, 1.807) is 0 Å². The summed E-state index contributed by atoms with van der Waals surface area (Å²) < 4.78 is 4.94. The summed E-state index contributed by atoms with van der Waals surface area (Å²) in [4.78, 5) is 11.4. The number of carbonyl (C=O) groups is 1. The molecular weight excluding hydrogens is 148 g/mol. The van der Waals surface area contributed by atoms with Crippen molar-refractivity contribution < 1.29 is 9.53 Å². The summed E-state index contributed by atoms with van der Waals surface area (Å²) in [6.45, 7) is 4.02. The fourth-order valence-electron chi connectivity index (χ4n) is 0.434. The monoisotopic (exact) mass is 160 g/mol. The van der Waals surface area contributed by atoms with Crippen LogP contribution in [0.3, 0.4) is 0 Å². The largest absolute Gasteiger partial charge is 0.500 e. The van der Waals surface area contributed by atoms with E-state index in [1.807, 2.05) is 13.2 Å². The maximum Gasteiger partial charge on any atom is 0.169 e. The van der Waals surface area contributed by atoms with Crippen LogP contribution in [0.25, 0.3) is 0 Å². The number of ether oxygens (including phenoxy) is 1. The Kier molecular flexibility index (Phi) is 5.12. The Morgan fingerprint density at radius 3 is 2.60 bits per heavy atom. The molecule has 10 heavy (non-hydrogen) atoms. The van der Waals surface area contributed by atoms with Gasteiger partial charge in [-0.25, -0.2) is 0 Å². The van der Waals surface area contributed by atoms with E-state index >= 15 is 0 Å². The SMILES string of the molecule is CCO/C=C(\SC)C(C)=O. The molecule has 0 fully saturated rings. The fourth-order valence-corrected chi connectivity index (χ4v) is 0.886. The Balaban J connectivity index is 3.91. The zero-order valence-electron chi connectivity index (χ0n) is 6.51. The zero-order chi connectivity index (χ0) is 7.98. The molecule has 0 atom stereocenters. The van der Waals surface area contributed by atoms with Gasteiger partial charge in [-0.3, -0.25) is 4.79 Å². The lowest BCUT2D eigenvalue weighted by Crippen LogP contribution is -1.92. The van der Waals surface area contributed by atoms with Gasteiger partial charge in [-0.05, 0) is 20.1 Å². The standard InChI is InChI=1S/C7H12O2S/c1-4-9-5-7(10-3)6(2)8/h5H,4H2,1-3H3/b7-5-. The minimum Gasteiger partial charge on any atom is -0.500 e. The first-order valence-corrected chi connectivity index (χ1v) is 4.31. The molecule has 0 heterocycles. The van der Waals surface area contributed by atoms with E-state index in [4.69, 9.17) is 4.74 Å². The molecule has 0 saturated carbocycles. The van der Waals surface area contributed by atoms with Crippen molar-refractivity contribution in [2.45, 2.75) is 13.8 Å². The zero-order valence-corrected chi connectivity index (χ0v) is 7.33. The molecule has 0 bridgehead atoms. The fraction of sp³-hybridized carbons (Fsp3) is 0.571. The minimum atomic E-state index is 0.0564. The first kappa shape index (κ1) is 9.56. The lowest BCUT2D eigenvalue weighted by atomic mass is 10.4. The smallest absolute Gasteiger partial charge is 0.169 e. The van der Waals surface area contributed by atoms with Gasteiger partial charge >= 0.3 is 0 Å². The Morgan fingerprint density at radius 2 is 2.30 bits per heavy atom. The quantitative estimate of drug-likeness (QED) is 0.463. The molecule has 0 spiro atoms. The molecule has 0 amide bonds. The van der Waals surface area contributed by atoms with E-state index < -0.39 is 0 Å². The molecule has 0 aromatic carbocycles. The minimum absolute atomic E-state index is 0.0564. The molecule has 0 radical (unpaired) electrons. The predicted molar refractivity (Wildman–Crippen MR) is 43.9 cm³/mol. The lowest BCUT2D eigenvalue weighted by molar-refractivity contribution is -0.113. The van der Waals surface area contributed by atoms with Crippen LogP contribution in [0, 0.1) is 0 Å². The van der Waals surface area contributed by atoms with E-state index in [1.165, 1.54) is 24.9 Å². The van der Waals surface area contributed by atoms with Gasteiger partial charge < -0.3 is 4.74 Å². The highest BCUT2D eigenvalue weighted by molar-refractivity contribution is 8.03. The molecule has 3 heteroatoms. The average Bonchev–Trinajstić information content (AvgIpc) is 1.89. The molecule has 58 valence electrons. The van der Waals surface area contributed by atoms with Gasteiger partial charge in [0.15, 0.2) is 5.78 Å². The predicted octanol–water partition coefficient (Wildman–Crippen LogP) is 1.82. The van der Waals surface area contributed by atoms with Crippen molar-refractivity contribution in [1.82, 2.24) is 0 Å². The Morgan fingerprint density at radius 1 is 1.70 bits per heavy atom. The Hall–Kier alpha value is -0.440. The molecule has 0 aliphatic carbocycles. The van der Waals surface area contributed by atoms with Gasteiger partial charge in [0.05, 0.1) is 11.5 Å². The number of Topliss-reactive ketones (excluding diaryl/α,β-unsaturated/α-hetero) is 1. The maximum absolute atomic E-state index is 10.7. The number of hydrogen-bond acceptors (Lipinski definition) is 3. The summed E-state index contributed by atoms with van der Waals surface area (Å²) in [5.74, 6) is 0.0564. The van der Waals surface area contributed by atoms with Crippen molar-refractivity contribution in [3.05, 3.63) is 11.2 Å². The van der Waals surface area contributed by atoms with Gasteiger partial charge in [-0.15, -0.1) is 11.8 Å². The third-order valence-corrected chi connectivity index (χ3v) is 1.75. The van der Waals surface area contributed by atoms with E-state index in [-0.39, 0.29) is 5.78 Å². The van der Waals surface area contributed by atoms with Crippen molar-refractivity contribution in [3.8, 4) is 0 Å². The summed E-state index contributed by atoms with van der Waals surface area (Å²) in [5, 5.41) is 0. The molecule has 0 N–H and O–H groups in total. The second-order valence-electron chi connectivity index (χ2n) is 1.70. The molecule has 0 aliphatic heterocycles. The van der Waals surface area contributed by atoms with Crippen LogP contribution in [0.5, 0.6) is 0 Å². The number of hydrogen-bond donors (Lipinski definition) is 0. The van der Waals surface area contributed by atoms with E-state index in [2.05, 4.69) is 0 Å². The third-order valence-electron chi connectivity index (χ3n) is 0.924. The molecule has 0 aromatic heterocycles. The average molecular weight is 160 g/mol. The topological polar surface area (TPSA) is 26.3 Å². The third kappa shape index (κ3) is 3.56. The molecule has 0 aliphatic rings. The molecule has 0 rings (SSSR count). The summed E-state index contributed by atoms with van der Waals surface area (Å²) in [6.07, 6.45) is 3.36. The number of ketones is 1. The molecule has 2 nitrogen and oxygen atoms in total. The van der Waals surface area contributed by atoms with Crippen molar-refractivity contribution in [1.29, 1.82) is 0 Å². The van der Waals surface area contributed by atoms with Crippen LogP contribution >= 0.6 is 11.8 Å². The van der Waals surface area contributed by atoms with Gasteiger partial charge in [0.2, 0.25) is 0 Å². The maximum atomic E-state index is 10.7. The normalized spacial score (nSPS) is 11.3. The number of rotatable bonds is 4. The molecule has 0 saturated heterocycles. The van der Waals surface area contributed by atoms with Gasteiger partial charge in [0.25, 0.3) is 0 Å². The second kappa shape index (κ2) is 5.35. The van der Waals surface area contributed by atoms with Gasteiger partial charge in [0, 0.05) is 0 Å². The van der Waals surface area contributed by atoms with Crippen LogP contribution in [0.15, 0.2) is 11.2 Å².